The molecule has 4 rings (SSSR count). The maximum absolute atomic E-state index is 13.1. The second-order valence-corrected chi connectivity index (χ2v) is 8.10. The molecule has 0 spiro atoms. The van der Waals surface area contributed by atoms with Gasteiger partial charge in [0, 0.05) is 42.1 Å². The molecule has 1 N–H and O–H groups in total. The Kier molecular flexibility index (Phi) is 5.35. The zero-order valence-corrected chi connectivity index (χ0v) is 16.2. The lowest BCUT2D eigenvalue weighted by Gasteiger charge is -2.36. The van der Waals surface area contributed by atoms with Crippen molar-refractivity contribution in [3.05, 3.63) is 63.5 Å². The number of nitrogens with one attached hydrogen (secondary N) is 1. The minimum absolute atomic E-state index is 0.143. The largest absolute Gasteiger partial charge is 0.368 e. The molecule has 5 nitrogen and oxygen atoms in total. The Morgan fingerprint density at radius 2 is 1.81 bits per heavy atom. The fraction of sp³-hybridized carbons (Fsp3) is 0.263. The molecule has 0 bridgehead atoms. The molecule has 0 saturated carbocycles. The van der Waals surface area contributed by atoms with Gasteiger partial charge >= 0.3 is 0 Å². The lowest BCUT2D eigenvalue weighted by atomic mass is 10.2. The number of thiazole rings is 1. The monoisotopic (exact) mass is 402 g/mol. The van der Waals surface area contributed by atoms with E-state index in [1.807, 2.05) is 35.0 Å². The van der Waals surface area contributed by atoms with Crippen molar-refractivity contribution < 1.29 is 9.18 Å². The van der Waals surface area contributed by atoms with Gasteiger partial charge in [0.2, 0.25) is 0 Å². The van der Waals surface area contributed by atoms with Crippen LogP contribution in [0, 0.1) is 5.82 Å². The molecular weight excluding hydrogens is 383 g/mol. The third-order valence-electron chi connectivity index (χ3n) is 4.47. The number of aromatic nitrogens is 1. The normalized spacial score (nSPS) is 14.4. The fourth-order valence-electron chi connectivity index (χ4n) is 2.99. The van der Waals surface area contributed by atoms with Crippen molar-refractivity contribution in [2.24, 2.45) is 0 Å². The average Bonchev–Trinajstić information content (AvgIpc) is 3.39. The van der Waals surface area contributed by atoms with Crippen LogP contribution in [0.15, 0.2) is 47.2 Å². The number of halogens is 1. The molecule has 0 atom stereocenters. The molecule has 1 saturated heterocycles. The molecule has 0 aliphatic carbocycles. The maximum atomic E-state index is 13.1. The summed E-state index contributed by atoms with van der Waals surface area (Å²) in [5.41, 5.74) is 1.50. The van der Waals surface area contributed by atoms with Gasteiger partial charge < -0.3 is 15.1 Å². The number of rotatable bonds is 5. The van der Waals surface area contributed by atoms with Gasteiger partial charge in [0.25, 0.3) is 5.91 Å². The van der Waals surface area contributed by atoms with Crippen molar-refractivity contribution in [1.29, 1.82) is 0 Å². The van der Waals surface area contributed by atoms with E-state index in [1.165, 1.54) is 23.5 Å². The van der Waals surface area contributed by atoms with Crippen LogP contribution in [0.5, 0.6) is 0 Å². The first-order valence-corrected chi connectivity index (χ1v) is 10.5. The van der Waals surface area contributed by atoms with E-state index < -0.39 is 0 Å². The van der Waals surface area contributed by atoms with Crippen molar-refractivity contribution in [3.8, 4) is 0 Å². The first-order valence-electron chi connectivity index (χ1n) is 8.70. The van der Waals surface area contributed by atoms with E-state index in [-0.39, 0.29) is 11.7 Å². The lowest BCUT2D eigenvalue weighted by molar-refractivity contribution is 0.0947. The van der Waals surface area contributed by atoms with E-state index in [1.54, 1.807) is 11.3 Å². The molecule has 1 aliphatic rings. The summed E-state index contributed by atoms with van der Waals surface area (Å²) in [6.07, 6.45) is 0. The predicted octanol–water partition coefficient (Wildman–Crippen LogP) is 3.60. The van der Waals surface area contributed by atoms with Crippen LogP contribution in [-0.2, 0) is 6.54 Å². The molecule has 1 aliphatic heterocycles. The van der Waals surface area contributed by atoms with Gasteiger partial charge in [0.1, 0.15) is 11.5 Å². The smallest absolute Gasteiger partial charge is 0.271 e. The summed E-state index contributed by atoms with van der Waals surface area (Å²) in [6.45, 7) is 3.85. The van der Waals surface area contributed by atoms with Gasteiger partial charge in [-0.1, -0.05) is 6.07 Å². The summed E-state index contributed by atoms with van der Waals surface area (Å²) in [5.74, 6) is -0.360. The quantitative estimate of drug-likeness (QED) is 0.708. The van der Waals surface area contributed by atoms with Crippen LogP contribution in [0.2, 0.25) is 0 Å². The van der Waals surface area contributed by atoms with Gasteiger partial charge in [-0.3, -0.25) is 4.79 Å². The second kappa shape index (κ2) is 8.06. The highest BCUT2D eigenvalue weighted by molar-refractivity contribution is 7.14. The summed E-state index contributed by atoms with van der Waals surface area (Å²) in [6, 6.07) is 10.6. The minimum Gasteiger partial charge on any atom is -0.368 e. The summed E-state index contributed by atoms with van der Waals surface area (Å²) < 4.78 is 13.1. The number of amides is 1. The van der Waals surface area contributed by atoms with Gasteiger partial charge in [-0.25, -0.2) is 9.37 Å². The van der Waals surface area contributed by atoms with Crippen molar-refractivity contribution >= 4 is 39.4 Å². The molecule has 2 aromatic heterocycles. The van der Waals surface area contributed by atoms with Gasteiger partial charge in [0.15, 0.2) is 5.13 Å². The first kappa shape index (κ1) is 17.9. The van der Waals surface area contributed by atoms with Crippen LogP contribution in [-0.4, -0.2) is 37.1 Å². The molecule has 1 aromatic carbocycles. The van der Waals surface area contributed by atoms with Crippen molar-refractivity contribution in [2.75, 3.05) is 36.0 Å². The molecule has 1 fully saturated rings. The van der Waals surface area contributed by atoms with Crippen LogP contribution in [0.1, 0.15) is 15.4 Å². The third-order valence-corrected chi connectivity index (χ3v) is 6.25. The van der Waals surface area contributed by atoms with Crippen LogP contribution >= 0.6 is 22.7 Å². The molecule has 3 heterocycles. The van der Waals surface area contributed by atoms with Gasteiger partial charge in [-0.15, -0.1) is 22.7 Å². The van der Waals surface area contributed by atoms with Gasteiger partial charge in [-0.05, 0) is 35.7 Å². The molecule has 3 aromatic rings. The van der Waals surface area contributed by atoms with Crippen LogP contribution < -0.4 is 15.1 Å². The highest BCUT2D eigenvalue weighted by Gasteiger charge is 2.21. The number of piperazine rings is 1. The number of carbonyl (C=O) groups is 1. The fourth-order valence-corrected chi connectivity index (χ4v) is 4.50. The Hall–Kier alpha value is -2.45. The Labute approximate surface area is 165 Å². The number of hydrogen-bond acceptors (Lipinski definition) is 6. The summed E-state index contributed by atoms with van der Waals surface area (Å²) in [4.78, 5) is 22.3. The topological polar surface area (TPSA) is 48.5 Å². The van der Waals surface area contributed by atoms with Gasteiger partial charge in [-0.2, -0.15) is 0 Å². The number of anilines is 2. The van der Waals surface area contributed by atoms with Crippen molar-refractivity contribution in [3.63, 3.8) is 0 Å². The van der Waals surface area contributed by atoms with Crippen LogP contribution in [0.25, 0.3) is 0 Å². The Balaban J connectivity index is 1.32. The Morgan fingerprint density at radius 1 is 1.07 bits per heavy atom. The summed E-state index contributed by atoms with van der Waals surface area (Å²) in [5, 5.41) is 7.58. The van der Waals surface area contributed by atoms with E-state index in [4.69, 9.17) is 0 Å². The van der Waals surface area contributed by atoms with Crippen LogP contribution in [0.4, 0.5) is 15.2 Å². The van der Waals surface area contributed by atoms with Gasteiger partial charge in [0.05, 0.1) is 6.54 Å². The SMILES string of the molecule is O=C(NCc1cccs1)c1csc(N2CCN(c3ccc(F)cc3)CC2)n1. The summed E-state index contributed by atoms with van der Waals surface area (Å²) in [7, 11) is 0. The lowest BCUT2D eigenvalue weighted by Crippen LogP contribution is -2.46. The highest BCUT2D eigenvalue weighted by Crippen LogP contribution is 2.24. The number of hydrogen-bond donors (Lipinski definition) is 1. The molecule has 1 amide bonds. The van der Waals surface area contributed by atoms with Crippen molar-refractivity contribution in [1.82, 2.24) is 10.3 Å². The number of thiophene rings is 1. The van der Waals surface area contributed by atoms with E-state index in [2.05, 4.69) is 20.1 Å². The molecule has 8 heteroatoms. The number of nitrogens with zero attached hydrogens (tertiary/aromatic N) is 3. The standard InChI is InChI=1S/C19H19FN4OS2/c20-14-3-5-15(6-4-14)23-7-9-24(10-8-23)19-22-17(13-27-19)18(25)21-12-16-2-1-11-26-16/h1-6,11,13H,7-10,12H2,(H,21,25). The Morgan fingerprint density at radius 3 is 2.52 bits per heavy atom. The number of benzene rings is 1. The zero-order valence-electron chi connectivity index (χ0n) is 14.6. The maximum Gasteiger partial charge on any atom is 0.271 e. The molecule has 0 radical (unpaired) electrons. The van der Waals surface area contributed by atoms with Crippen LogP contribution in [0.3, 0.4) is 0 Å². The zero-order chi connectivity index (χ0) is 18.6. The van der Waals surface area contributed by atoms with Crippen molar-refractivity contribution in [2.45, 2.75) is 6.54 Å². The third kappa shape index (κ3) is 4.28. The summed E-state index contributed by atoms with van der Waals surface area (Å²) >= 11 is 3.12. The highest BCUT2D eigenvalue weighted by atomic mass is 32.1. The molecule has 140 valence electrons. The van der Waals surface area contributed by atoms with E-state index >= 15 is 0 Å². The van der Waals surface area contributed by atoms with E-state index in [0.29, 0.717) is 12.2 Å². The molecular formula is C19H19FN4OS2. The molecule has 27 heavy (non-hydrogen) atoms. The van der Waals surface area contributed by atoms with E-state index in [0.717, 1.165) is 41.9 Å². The number of carbonyl (C=O) groups excluding carboxylic acids is 1. The average molecular weight is 403 g/mol. The predicted molar refractivity (Wildman–Crippen MR) is 108 cm³/mol. The molecule has 0 unspecified atom stereocenters. The van der Waals surface area contributed by atoms with E-state index in [9.17, 15) is 9.18 Å². The Bertz CT molecular complexity index is 887. The minimum atomic E-state index is -0.218. The first-order chi connectivity index (χ1) is 13.2. The second-order valence-electron chi connectivity index (χ2n) is 6.23.